The van der Waals surface area contributed by atoms with Crippen LogP contribution in [0.1, 0.15) is 44.9 Å². The Hall–Kier alpha value is -1.10. The summed E-state index contributed by atoms with van der Waals surface area (Å²) in [6.45, 7) is 0. The predicted molar refractivity (Wildman–Crippen MR) is 71.4 cm³/mol. The standard InChI is InChI=1S/C14H23N3O2/c1-16-11(18)14(17(2)12(16)19)8-13(9-14)6-3-4-10(15)5-7-13/h10H,3-9,15H2,1-2H3. The maximum Gasteiger partial charge on any atom is 0.327 e. The summed E-state index contributed by atoms with van der Waals surface area (Å²) in [5, 5.41) is 0. The molecule has 1 heterocycles. The number of hydrogen-bond donors (Lipinski definition) is 1. The van der Waals surface area contributed by atoms with Gasteiger partial charge < -0.3 is 10.6 Å². The number of urea groups is 1. The fourth-order valence-electron chi connectivity index (χ4n) is 4.38. The Morgan fingerprint density at radius 1 is 1.16 bits per heavy atom. The molecule has 2 spiro atoms. The third-order valence-electron chi connectivity index (χ3n) is 5.58. The van der Waals surface area contributed by atoms with Gasteiger partial charge in [0.15, 0.2) is 0 Å². The molecule has 0 aromatic rings. The summed E-state index contributed by atoms with van der Waals surface area (Å²) >= 11 is 0. The summed E-state index contributed by atoms with van der Waals surface area (Å²) in [6.07, 6.45) is 7.22. The maximum absolute atomic E-state index is 12.3. The van der Waals surface area contributed by atoms with Crippen molar-refractivity contribution in [2.75, 3.05) is 14.1 Å². The number of carbonyl (C=O) groups excluding carboxylic acids is 2. The number of amides is 3. The van der Waals surface area contributed by atoms with Crippen LogP contribution in [0.4, 0.5) is 4.79 Å². The van der Waals surface area contributed by atoms with Gasteiger partial charge in [-0.2, -0.15) is 0 Å². The van der Waals surface area contributed by atoms with E-state index in [1.54, 1.807) is 19.0 Å². The van der Waals surface area contributed by atoms with Crippen LogP contribution in [0.25, 0.3) is 0 Å². The molecule has 5 nitrogen and oxygen atoms in total. The summed E-state index contributed by atoms with van der Waals surface area (Å²) in [5.74, 6) is -0.0147. The number of hydrogen-bond acceptors (Lipinski definition) is 3. The Kier molecular flexibility index (Phi) is 2.68. The molecule has 2 saturated carbocycles. The number of rotatable bonds is 0. The number of imide groups is 1. The fourth-order valence-corrected chi connectivity index (χ4v) is 4.38. The van der Waals surface area contributed by atoms with E-state index >= 15 is 0 Å². The van der Waals surface area contributed by atoms with E-state index in [-0.39, 0.29) is 17.4 Å². The van der Waals surface area contributed by atoms with Gasteiger partial charge in [-0.15, -0.1) is 0 Å². The fraction of sp³-hybridized carbons (Fsp3) is 0.857. The second-order valence-corrected chi connectivity index (χ2v) is 6.78. The molecule has 2 N–H and O–H groups in total. The smallest absolute Gasteiger partial charge is 0.327 e. The van der Waals surface area contributed by atoms with E-state index in [1.165, 1.54) is 4.90 Å². The topological polar surface area (TPSA) is 66.6 Å². The largest absolute Gasteiger partial charge is 0.328 e. The van der Waals surface area contributed by atoms with Gasteiger partial charge in [-0.1, -0.05) is 6.42 Å². The van der Waals surface area contributed by atoms with Gasteiger partial charge in [-0.25, -0.2) is 4.79 Å². The van der Waals surface area contributed by atoms with Crippen LogP contribution in [-0.4, -0.2) is 47.4 Å². The van der Waals surface area contributed by atoms with Crippen LogP contribution < -0.4 is 5.73 Å². The Balaban J connectivity index is 1.78. The van der Waals surface area contributed by atoms with Crippen molar-refractivity contribution < 1.29 is 9.59 Å². The number of nitrogens with two attached hydrogens (primary N) is 1. The molecule has 1 aliphatic heterocycles. The van der Waals surface area contributed by atoms with Crippen molar-refractivity contribution in [3.8, 4) is 0 Å². The SMILES string of the molecule is CN1C(=O)N(C)C2(CC3(CCCC(N)CC3)C2)C1=O. The minimum absolute atomic E-state index is 0.0147. The van der Waals surface area contributed by atoms with Crippen molar-refractivity contribution in [3.05, 3.63) is 0 Å². The van der Waals surface area contributed by atoms with Gasteiger partial charge in [0.05, 0.1) is 0 Å². The van der Waals surface area contributed by atoms with E-state index in [4.69, 9.17) is 5.73 Å². The zero-order valence-corrected chi connectivity index (χ0v) is 11.8. The summed E-state index contributed by atoms with van der Waals surface area (Å²) in [5.41, 5.74) is 5.75. The molecule has 1 atom stereocenters. The van der Waals surface area contributed by atoms with E-state index in [0.29, 0.717) is 6.04 Å². The Morgan fingerprint density at radius 3 is 2.42 bits per heavy atom. The lowest BCUT2D eigenvalue weighted by molar-refractivity contribution is -0.146. The minimum Gasteiger partial charge on any atom is -0.328 e. The van der Waals surface area contributed by atoms with Crippen LogP contribution in [0.3, 0.4) is 0 Å². The molecule has 19 heavy (non-hydrogen) atoms. The van der Waals surface area contributed by atoms with Gasteiger partial charge in [-0.3, -0.25) is 9.69 Å². The number of carbonyl (C=O) groups is 2. The molecule has 1 unspecified atom stereocenters. The molecule has 0 aromatic carbocycles. The summed E-state index contributed by atoms with van der Waals surface area (Å²) in [6, 6.07) is 0.155. The molecule has 3 rings (SSSR count). The van der Waals surface area contributed by atoms with Gasteiger partial charge in [0.2, 0.25) is 0 Å². The third-order valence-corrected chi connectivity index (χ3v) is 5.58. The van der Waals surface area contributed by atoms with E-state index in [0.717, 1.165) is 44.9 Å². The molecule has 3 amide bonds. The van der Waals surface area contributed by atoms with Crippen molar-refractivity contribution >= 4 is 11.9 Å². The molecular weight excluding hydrogens is 242 g/mol. The molecular formula is C14H23N3O2. The van der Waals surface area contributed by atoms with Crippen LogP contribution in [-0.2, 0) is 4.79 Å². The van der Waals surface area contributed by atoms with Crippen molar-refractivity contribution in [3.63, 3.8) is 0 Å². The normalized spacial score (nSPS) is 43.0. The van der Waals surface area contributed by atoms with Crippen LogP contribution in [0, 0.1) is 5.41 Å². The molecule has 0 aromatic heterocycles. The first kappa shape index (κ1) is 12.9. The maximum atomic E-state index is 12.3. The first-order valence-corrected chi connectivity index (χ1v) is 7.22. The lowest BCUT2D eigenvalue weighted by Crippen LogP contribution is -2.62. The Morgan fingerprint density at radius 2 is 1.84 bits per heavy atom. The molecule has 106 valence electrons. The van der Waals surface area contributed by atoms with Gasteiger partial charge in [0.25, 0.3) is 5.91 Å². The van der Waals surface area contributed by atoms with E-state index in [9.17, 15) is 9.59 Å². The van der Waals surface area contributed by atoms with Crippen molar-refractivity contribution in [2.24, 2.45) is 11.1 Å². The number of nitrogens with zero attached hydrogens (tertiary/aromatic N) is 2. The average Bonchev–Trinajstić information content (AvgIpc) is 2.52. The highest BCUT2D eigenvalue weighted by atomic mass is 16.2. The second-order valence-electron chi connectivity index (χ2n) is 6.78. The van der Waals surface area contributed by atoms with E-state index in [1.807, 2.05) is 0 Å². The second kappa shape index (κ2) is 3.95. The molecule has 0 radical (unpaired) electrons. The van der Waals surface area contributed by atoms with Gasteiger partial charge >= 0.3 is 6.03 Å². The molecule has 3 fully saturated rings. The van der Waals surface area contributed by atoms with Crippen LogP contribution in [0.5, 0.6) is 0 Å². The average molecular weight is 265 g/mol. The molecule has 3 aliphatic rings. The monoisotopic (exact) mass is 265 g/mol. The molecule has 5 heteroatoms. The van der Waals surface area contributed by atoms with Gasteiger partial charge in [0.1, 0.15) is 5.54 Å². The lowest BCUT2D eigenvalue weighted by atomic mass is 9.53. The van der Waals surface area contributed by atoms with Crippen molar-refractivity contribution in [1.82, 2.24) is 9.80 Å². The van der Waals surface area contributed by atoms with E-state index in [2.05, 4.69) is 0 Å². The zero-order chi connectivity index (χ0) is 13.8. The third kappa shape index (κ3) is 1.64. The summed E-state index contributed by atoms with van der Waals surface area (Å²) in [4.78, 5) is 27.2. The highest BCUT2D eigenvalue weighted by Gasteiger charge is 2.66. The zero-order valence-electron chi connectivity index (χ0n) is 11.8. The van der Waals surface area contributed by atoms with E-state index < -0.39 is 5.54 Å². The van der Waals surface area contributed by atoms with Crippen LogP contribution >= 0.6 is 0 Å². The molecule has 1 saturated heterocycles. The summed E-state index contributed by atoms with van der Waals surface area (Å²) in [7, 11) is 3.35. The Bertz CT molecular complexity index is 428. The number of likely N-dealkylation sites (N-methyl/N-ethyl adjacent to an activating group) is 2. The molecule has 0 bridgehead atoms. The van der Waals surface area contributed by atoms with Crippen LogP contribution in [0.15, 0.2) is 0 Å². The summed E-state index contributed by atoms with van der Waals surface area (Å²) < 4.78 is 0. The van der Waals surface area contributed by atoms with Crippen molar-refractivity contribution in [1.29, 1.82) is 0 Å². The highest BCUT2D eigenvalue weighted by Crippen LogP contribution is 2.59. The van der Waals surface area contributed by atoms with Gasteiger partial charge in [-0.05, 0) is 43.9 Å². The van der Waals surface area contributed by atoms with Crippen molar-refractivity contribution in [2.45, 2.75) is 56.5 Å². The Labute approximate surface area is 114 Å². The highest BCUT2D eigenvalue weighted by molar-refractivity contribution is 6.07. The first-order chi connectivity index (χ1) is 8.90. The molecule has 2 aliphatic carbocycles. The quantitative estimate of drug-likeness (QED) is 0.672. The lowest BCUT2D eigenvalue weighted by Gasteiger charge is -2.55. The minimum atomic E-state index is -0.541. The van der Waals surface area contributed by atoms with Crippen LogP contribution in [0.2, 0.25) is 0 Å². The van der Waals surface area contributed by atoms with Gasteiger partial charge in [0, 0.05) is 20.1 Å². The first-order valence-electron chi connectivity index (χ1n) is 7.22. The predicted octanol–water partition coefficient (Wildman–Crippen LogP) is 1.32.